The second kappa shape index (κ2) is 9.53. The number of aromatic nitrogens is 2. The number of para-hydroxylation sites is 1. The average molecular weight is 452 g/mol. The number of amides is 1. The zero-order chi connectivity index (χ0) is 23.5. The van der Waals surface area contributed by atoms with Crippen LogP contribution in [0, 0.1) is 6.92 Å². The summed E-state index contributed by atoms with van der Waals surface area (Å²) in [6.45, 7) is 6.19. The summed E-state index contributed by atoms with van der Waals surface area (Å²) in [5.41, 5.74) is 6.11. The first-order valence-electron chi connectivity index (χ1n) is 11.6. The van der Waals surface area contributed by atoms with Gasteiger partial charge in [0, 0.05) is 49.3 Å². The molecular weight excluding hydrogens is 422 g/mol. The first-order chi connectivity index (χ1) is 16.6. The predicted molar refractivity (Wildman–Crippen MR) is 138 cm³/mol. The van der Waals surface area contributed by atoms with Crippen LogP contribution in [0.15, 0.2) is 85.1 Å². The van der Waals surface area contributed by atoms with E-state index in [0.717, 1.165) is 48.7 Å². The number of nitrogens with zero attached hydrogens (tertiary/aromatic N) is 4. The largest absolute Gasteiger partial charge is 0.369 e. The van der Waals surface area contributed by atoms with Crippen LogP contribution in [0.5, 0.6) is 0 Å². The van der Waals surface area contributed by atoms with E-state index in [1.165, 1.54) is 5.69 Å². The molecule has 172 valence electrons. The molecule has 6 nitrogen and oxygen atoms in total. The number of hydrogen-bond acceptors (Lipinski definition) is 4. The van der Waals surface area contributed by atoms with Gasteiger partial charge in [-0.05, 0) is 56.4 Å². The molecule has 0 bridgehead atoms. The minimum atomic E-state index is -0.175. The molecule has 1 N–H and O–H groups in total. The van der Waals surface area contributed by atoms with Crippen LogP contribution in [0.1, 0.15) is 15.9 Å². The molecule has 0 atom stereocenters. The number of likely N-dealkylation sites (N-methyl/N-ethyl adjacent to an activating group) is 1. The van der Waals surface area contributed by atoms with E-state index in [0.29, 0.717) is 11.3 Å². The maximum atomic E-state index is 13.4. The summed E-state index contributed by atoms with van der Waals surface area (Å²) in [4.78, 5) is 18.1. The topological polar surface area (TPSA) is 53.4 Å². The van der Waals surface area contributed by atoms with E-state index >= 15 is 0 Å². The van der Waals surface area contributed by atoms with Crippen molar-refractivity contribution >= 4 is 17.3 Å². The molecule has 1 amide bonds. The van der Waals surface area contributed by atoms with Crippen LogP contribution < -0.4 is 10.2 Å². The molecule has 34 heavy (non-hydrogen) atoms. The maximum absolute atomic E-state index is 13.4. The third kappa shape index (κ3) is 4.72. The van der Waals surface area contributed by atoms with Gasteiger partial charge in [-0.2, -0.15) is 5.10 Å². The fourth-order valence-electron chi connectivity index (χ4n) is 4.28. The van der Waals surface area contributed by atoms with Crippen molar-refractivity contribution in [1.82, 2.24) is 14.7 Å². The number of rotatable bonds is 5. The Bertz CT molecular complexity index is 1270. The number of aryl methyl sites for hydroxylation is 1. The molecule has 4 aromatic rings. The molecule has 1 saturated heterocycles. The van der Waals surface area contributed by atoms with Crippen LogP contribution in [-0.4, -0.2) is 53.8 Å². The van der Waals surface area contributed by atoms with E-state index in [4.69, 9.17) is 5.10 Å². The van der Waals surface area contributed by atoms with E-state index < -0.39 is 0 Å². The number of carbonyl (C=O) groups excluding carboxylic acids is 1. The van der Waals surface area contributed by atoms with Gasteiger partial charge in [0.05, 0.1) is 11.3 Å². The Morgan fingerprint density at radius 1 is 0.853 bits per heavy atom. The summed E-state index contributed by atoms with van der Waals surface area (Å²) in [5.74, 6) is -0.175. The summed E-state index contributed by atoms with van der Waals surface area (Å²) in [5, 5.41) is 7.85. The highest BCUT2D eigenvalue weighted by molar-refractivity contribution is 6.08. The Balaban J connectivity index is 1.41. The molecular formula is C28H29N5O. The second-order valence-corrected chi connectivity index (χ2v) is 8.83. The van der Waals surface area contributed by atoms with Crippen molar-refractivity contribution in [3.05, 3.63) is 96.2 Å². The van der Waals surface area contributed by atoms with E-state index in [1.807, 2.05) is 67.6 Å². The standard InChI is InChI=1S/C28H29N5O/c1-21-7-6-8-22(19-21)27-26(20-33(30-27)25-9-4-3-5-10-25)28(34)29-23-11-13-24(14-12-23)32-17-15-31(2)16-18-32/h3-14,19-20H,15-18H2,1-2H3,(H,29,34). The Morgan fingerprint density at radius 3 is 2.29 bits per heavy atom. The lowest BCUT2D eigenvalue weighted by atomic mass is 10.1. The van der Waals surface area contributed by atoms with E-state index in [2.05, 4.69) is 40.4 Å². The van der Waals surface area contributed by atoms with Crippen molar-refractivity contribution < 1.29 is 4.79 Å². The number of piperazine rings is 1. The smallest absolute Gasteiger partial charge is 0.259 e. The minimum absolute atomic E-state index is 0.175. The summed E-state index contributed by atoms with van der Waals surface area (Å²) < 4.78 is 1.77. The fraction of sp³-hybridized carbons (Fsp3) is 0.214. The third-order valence-corrected chi connectivity index (χ3v) is 6.26. The number of anilines is 2. The number of benzene rings is 3. The molecule has 6 heteroatoms. The highest BCUT2D eigenvalue weighted by atomic mass is 16.1. The van der Waals surface area contributed by atoms with Gasteiger partial charge in [0.1, 0.15) is 5.69 Å². The Hall–Kier alpha value is -3.90. The van der Waals surface area contributed by atoms with E-state index in [-0.39, 0.29) is 5.91 Å². The molecule has 0 spiro atoms. The minimum Gasteiger partial charge on any atom is -0.369 e. The maximum Gasteiger partial charge on any atom is 0.259 e. The van der Waals surface area contributed by atoms with Crippen LogP contribution in [0.3, 0.4) is 0 Å². The van der Waals surface area contributed by atoms with Crippen LogP contribution in [0.2, 0.25) is 0 Å². The van der Waals surface area contributed by atoms with Gasteiger partial charge in [0.15, 0.2) is 0 Å². The molecule has 0 radical (unpaired) electrons. The van der Waals surface area contributed by atoms with Crippen molar-refractivity contribution in [2.75, 3.05) is 43.4 Å². The van der Waals surface area contributed by atoms with Crippen molar-refractivity contribution in [2.24, 2.45) is 0 Å². The molecule has 2 heterocycles. The van der Waals surface area contributed by atoms with Crippen molar-refractivity contribution in [1.29, 1.82) is 0 Å². The van der Waals surface area contributed by atoms with Crippen LogP contribution in [0.25, 0.3) is 16.9 Å². The summed E-state index contributed by atoms with van der Waals surface area (Å²) >= 11 is 0. The van der Waals surface area contributed by atoms with Gasteiger partial charge < -0.3 is 15.1 Å². The molecule has 5 rings (SSSR count). The second-order valence-electron chi connectivity index (χ2n) is 8.83. The van der Waals surface area contributed by atoms with Crippen LogP contribution in [-0.2, 0) is 0 Å². The number of nitrogens with one attached hydrogen (secondary N) is 1. The summed E-state index contributed by atoms with van der Waals surface area (Å²) in [7, 11) is 2.15. The van der Waals surface area contributed by atoms with Gasteiger partial charge in [-0.1, -0.05) is 42.0 Å². The number of carbonyl (C=O) groups is 1. The SMILES string of the molecule is Cc1cccc(-c2nn(-c3ccccc3)cc2C(=O)Nc2ccc(N3CCN(C)CC3)cc2)c1. The molecule has 1 aliphatic heterocycles. The first-order valence-corrected chi connectivity index (χ1v) is 11.6. The van der Waals surface area contributed by atoms with Gasteiger partial charge in [-0.3, -0.25) is 4.79 Å². The molecule has 1 aliphatic rings. The molecule has 3 aromatic carbocycles. The normalized spacial score (nSPS) is 14.2. The Morgan fingerprint density at radius 2 is 1.59 bits per heavy atom. The lowest BCUT2D eigenvalue weighted by Crippen LogP contribution is -2.44. The molecule has 0 aliphatic carbocycles. The quantitative estimate of drug-likeness (QED) is 0.471. The van der Waals surface area contributed by atoms with E-state index in [9.17, 15) is 4.79 Å². The average Bonchev–Trinajstić information content (AvgIpc) is 3.32. The fourth-order valence-corrected chi connectivity index (χ4v) is 4.28. The highest BCUT2D eigenvalue weighted by Crippen LogP contribution is 2.26. The molecule has 0 unspecified atom stereocenters. The summed E-state index contributed by atoms with van der Waals surface area (Å²) in [6, 6.07) is 26.0. The predicted octanol–water partition coefficient (Wildman–Crippen LogP) is 4.85. The van der Waals surface area contributed by atoms with Gasteiger partial charge in [-0.25, -0.2) is 4.68 Å². The van der Waals surface area contributed by atoms with Crippen LogP contribution >= 0.6 is 0 Å². The zero-order valence-corrected chi connectivity index (χ0v) is 19.6. The lowest BCUT2D eigenvalue weighted by Gasteiger charge is -2.34. The van der Waals surface area contributed by atoms with Crippen molar-refractivity contribution in [2.45, 2.75) is 6.92 Å². The number of hydrogen-bond donors (Lipinski definition) is 1. The highest BCUT2D eigenvalue weighted by Gasteiger charge is 2.20. The summed E-state index contributed by atoms with van der Waals surface area (Å²) in [6.07, 6.45) is 1.81. The van der Waals surface area contributed by atoms with Gasteiger partial charge in [-0.15, -0.1) is 0 Å². The molecule has 1 fully saturated rings. The third-order valence-electron chi connectivity index (χ3n) is 6.26. The van der Waals surface area contributed by atoms with Gasteiger partial charge in [0.2, 0.25) is 0 Å². The zero-order valence-electron chi connectivity index (χ0n) is 19.6. The van der Waals surface area contributed by atoms with E-state index in [1.54, 1.807) is 10.9 Å². The first kappa shape index (κ1) is 21.9. The van der Waals surface area contributed by atoms with Crippen LogP contribution in [0.4, 0.5) is 11.4 Å². The Kier molecular flexibility index (Phi) is 6.14. The monoisotopic (exact) mass is 451 g/mol. The van der Waals surface area contributed by atoms with Gasteiger partial charge >= 0.3 is 0 Å². The van der Waals surface area contributed by atoms with Crippen molar-refractivity contribution in [3.63, 3.8) is 0 Å². The molecule has 0 saturated carbocycles. The lowest BCUT2D eigenvalue weighted by molar-refractivity contribution is 0.102. The Labute approximate surface area is 200 Å². The van der Waals surface area contributed by atoms with Gasteiger partial charge in [0.25, 0.3) is 5.91 Å². The molecule has 1 aromatic heterocycles. The van der Waals surface area contributed by atoms with Crippen molar-refractivity contribution in [3.8, 4) is 16.9 Å².